The number of aliphatic hydroxyl groups excluding tert-OH is 2. The highest BCUT2D eigenvalue weighted by atomic mass is 16.5. The number of allylic oxidation sites excluding steroid dienone is 4. The molecule has 0 bridgehead atoms. The van der Waals surface area contributed by atoms with Crippen LogP contribution in [0.2, 0.25) is 0 Å². The number of hydrogen-bond donors (Lipinski definition) is 3. The lowest BCUT2D eigenvalue weighted by Crippen LogP contribution is -2.45. The molecule has 83 heavy (non-hydrogen) atoms. The molecule has 0 saturated carbocycles. The highest BCUT2D eigenvalue weighted by Crippen LogP contribution is 2.20. The van der Waals surface area contributed by atoms with E-state index >= 15 is 0 Å². The number of carbonyl (C=O) groups excluding carboxylic acids is 2. The molecule has 0 fully saturated rings. The number of hydrogen-bond acceptors (Lipinski definition) is 5. The summed E-state index contributed by atoms with van der Waals surface area (Å²) < 4.78 is 5.49. The van der Waals surface area contributed by atoms with Gasteiger partial charge in [0.05, 0.1) is 25.4 Å². The summed E-state index contributed by atoms with van der Waals surface area (Å²) in [6, 6.07) is -0.539. The van der Waals surface area contributed by atoms with E-state index in [-0.39, 0.29) is 18.5 Å². The molecular weight excluding hydrogens is 1020 g/mol. The fraction of sp³-hybridized carbons (Fsp3) is 0.922. The van der Waals surface area contributed by atoms with Crippen molar-refractivity contribution in [3.63, 3.8) is 0 Å². The maximum Gasteiger partial charge on any atom is 0.305 e. The van der Waals surface area contributed by atoms with Crippen molar-refractivity contribution in [2.75, 3.05) is 13.2 Å². The zero-order valence-corrected chi connectivity index (χ0v) is 56.5. The number of esters is 1. The Morgan fingerprint density at radius 1 is 0.337 bits per heavy atom. The maximum absolute atomic E-state index is 12.6. The summed E-state index contributed by atoms with van der Waals surface area (Å²) in [5, 5.41) is 23.4. The van der Waals surface area contributed by atoms with Gasteiger partial charge in [0.15, 0.2) is 0 Å². The average molecular weight is 1170 g/mol. The van der Waals surface area contributed by atoms with Crippen LogP contribution in [-0.4, -0.2) is 47.4 Å². The second-order valence-corrected chi connectivity index (χ2v) is 26.3. The lowest BCUT2D eigenvalue weighted by atomic mass is 10.0. The van der Waals surface area contributed by atoms with E-state index in [1.54, 1.807) is 0 Å². The van der Waals surface area contributed by atoms with Crippen LogP contribution in [0.4, 0.5) is 0 Å². The molecule has 0 spiro atoms. The van der Waals surface area contributed by atoms with Gasteiger partial charge in [0.2, 0.25) is 5.91 Å². The van der Waals surface area contributed by atoms with Gasteiger partial charge in [0.25, 0.3) is 0 Å². The van der Waals surface area contributed by atoms with E-state index in [4.69, 9.17) is 4.74 Å². The minimum Gasteiger partial charge on any atom is -0.466 e. The Hall–Kier alpha value is -1.66. The van der Waals surface area contributed by atoms with Gasteiger partial charge in [-0.1, -0.05) is 385 Å². The Balaban J connectivity index is 3.34. The van der Waals surface area contributed by atoms with Crippen molar-refractivity contribution in [1.29, 1.82) is 0 Å². The molecule has 0 heterocycles. The molecular formula is C77H149NO5. The van der Waals surface area contributed by atoms with Gasteiger partial charge in [0.1, 0.15) is 0 Å². The zero-order valence-electron chi connectivity index (χ0n) is 56.5. The van der Waals surface area contributed by atoms with Crippen LogP contribution in [0, 0.1) is 0 Å². The van der Waals surface area contributed by atoms with Crippen LogP contribution >= 0.6 is 0 Å². The second-order valence-electron chi connectivity index (χ2n) is 26.3. The molecule has 0 rings (SSSR count). The van der Waals surface area contributed by atoms with E-state index in [9.17, 15) is 19.8 Å². The molecule has 0 aromatic rings. The Labute approximate surface area is 520 Å². The molecule has 0 aromatic carbocycles. The molecule has 6 nitrogen and oxygen atoms in total. The molecule has 0 aliphatic heterocycles. The van der Waals surface area contributed by atoms with Gasteiger partial charge in [-0.05, 0) is 57.8 Å². The summed E-state index contributed by atoms with van der Waals surface area (Å²) in [4.78, 5) is 24.6. The molecule has 0 aliphatic carbocycles. The summed E-state index contributed by atoms with van der Waals surface area (Å²) in [7, 11) is 0. The molecule has 2 unspecified atom stereocenters. The SMILES string of the molecule is CCCCC/C=C\C/C=C\CCCCCCCC(=O)OCCCCCCCCCCCCCCCCCCCCCCCCCCCCCCCCC(=O)NC(CO)C(O)CCCCCCCCCCCCCCCCCCCCCCC. The van der Waals surface area contributed by atoms with E-state index < -0.39 is 12.1 Å². The normalized spacial score (nSPS) is 12.6. The van der Waals surface area contributed by atoms with E-state index in [2.05, 4.69) is 43.5 Å². The van der Waals surface area contributed by atoms with Crippen molar-refractivity contribution < 1.29 is 24.5 Å². The number of nitrogens with one attached hydrogen (secondary N) is 1. The van der Waals surface area contributed by atoms with Gasteiger partial charge in [-0.15, -0.1) is 0 Å². The molecule has 0 radical (unpaired) electrons. The molecule has 6 heteroatoms. The summed E-state index contributed by atoms with van der Waals surface area (Å²) in [6.45, 7) is 4.97. The summed E-state index contributed by atoms with van der Waals surface area (Å²) in [6.07, 6.45) is 92.5. The van der Waals surface area contributed by atoms with Gasteiger partial charge < -0.3 is 20.3 Å². The number of carbonyl (C=O) groups is 2. The fourth-order valence-corrected chi connectivity index (χ4v) is 12.2. The van der Waals surface area contributed by atoms with E-state index in [0.29, 0.717) is 25.9 Å². The van der Waals surface area contributed by atoms with Gasteiger partial charge in [-0.3, -0.25) is 9.59 Å². The van der Waals surface area contributed by atoms with Crippen LogP contribution in [0.3, 0.4) is 0 Å². The quantitative estimate of drug-likeness (QED) is 0.0320. The third kappa shape index (κ3) is 69.3. The first-order chi connectivity index (χ1) is 41.0. The first kappa shape index (κ1) is 81.3. The Kier molecular flexibility index (Phi) is 71.4. The fourth-order valence-electron chi connectivity index (χ4n) is 12.2. The largest absolute Gasteiger partial charge is 0.466 e. The smallest absolute Gasteiger partial charge is 0.305 e. The zero-order chi connectivity index (χ0) is 59.9. The highest BCUT2D eigenvalue weighted by Gasteiger charge is 2.20. The molecule has 0 saturated heterocycles. The average Bonchev–Trinajstić information content (AvgIpc) is 3.49. The van der Waals surface area contributed by atoms with Crippen molar-refractivity contribution in [2.24, 2.45) is 0 Å². The Morgan fingerprint density at radius 2 is 0.602 bits per heavy atom. The van der Waals surface area contributed by atoms with Crippen molar-refractivity contribution >= 4 is 11.9 Å². The molecule has 492 valence electrons. The molecule has 3 N–H and O–H groups in total. The van der Waals surface area contributed by atoms with E-state index in [1.807, 2.05) is 0 Å². The predicted octanol–water partition coefficient (Wildman–Crippen LogP) is 24.9. The monoisotopic (exact) mass is 1170 g/mol. The summed E-state index contributed by atoms with van der Waals surface area (Å²) in [5.74, 6) is -0.0191. The predicted molar refractivity (Wildman–Crippen MR) is 366 cm³/mol. The molecule has 2 atom stereocenters. The number of rotatable bonds is 72. The van der Waals surface area contributed by atoms with Crippen molar-refractivity contribution in [3.05, 3.63) is 24.3 Å². The van der Waals surface area contributed by atoms with Crippen LogP contribution in [0.1, 0.15) is 431 Å². The van der Waals surface area contributed by atoms with Crippen LogP contribution in [0.5, 0.6) is 0 Å². The van der Waals surface area contributed by atoms with Crippen molar-refractivity contribution in [1.82, 2.24) is 5.32 Å². The van der Waals surface area contributed by atoms with Crippen LogP contribution in [0.25, 0.3) is 0 Å². The third-order valence-corrected chi connectivity index (χ3v) is 18.0. The van der Waals surface area contributed by atoms with E-state index in [1.165, 1.54) is 347 Å². The molecule has 1 amide bonds. The van der Waals surface area contributed by atoms with Gasteiger partial charge >= 0.3 is 5.97 Å². The Bertz CT molecular complexity index is 1300. The van der Waals surface area contributed by atoms with Crippen molar-refractivity contribution in [2.45, 2.75) is 443 Å². The topological polar surface area (TPSA) is 95.9 Å². The van der Waals surface area contributed by atoms with Crippen LogP contribution in [-0.2, 0) is 14.3 Å². The Morgan fingerprint density at radius 3 is 0.940 bits per heavy atom. The number of ether oxygens (including phenoxy) is 1. The van der Waals surface area contributed by atoms with E-state index in [0.717, 1.165) is 51.4 Å². The van der Waals surface area contributed by atoms with Gasteiger partial charge in [-0.25, -0.2) is 0 Å². The third-order valence-electron chi connectivity index (χ3n) is 18.0. The maximum atomic E-state index is 12.6. The minimum absolute atomic E-state index is 0.00695. The number of amides is 1. The summed E-state index contributed by atoms with van der Waals surface area (Å²) >= 11 is 0. The minimum atomic E-state index is -0.662. The molecule has 0 aliphatic rings. The first-order valence-corrected chi connectivity index (χ1v) is 38.1. The summed E-state index contributed by atoms with van der Waals surface area (Å²) in [5.41, 5.74) is 0. The van der Waals surface area contributed by atoms with Crippen LogP contribution in [0.15, 0.2) is 24.3 Å². The van der Waals surface area contributed by atoms with Crippen LogP contribution < -0.4 is 5.32 Å². The van der Waals surface area contributed by atoms with Gasteiger partial charge in [-0.2, -0.15) is 0 Å². The van der Waals surface area contributed by atoms with Gasteiger partial charge in [0, 0.05) is 12.8 Å². The molecule has 0 aromatic heterocycles. The standard InChI is InChI=1S/C77H149NO5/c1-3-5-7-9-11-13-15-17-19-20-21-32-35-38-42-45-49-53-57-61-65-69-75(80)74(73-79)78-76(81)70-66-62-58-54-50-46-43-39-36-33-30-28-26-24-22-23-25-27-29-31-34-37-40-44-48-52-56-60-64-68-72-83-77(82)71-67-63-59-55-51-47-41-18-16-14-12-10-8-6-4-2/h12,14,18,41,74-75,79-80H,3-11,13,15-17,19-40,42-73H2,1-2H3,(H,78,81)/b14-12-,41-18-. The highest BCUT2D eigenvalue weighted by molar-refractivity contribution is 5.76. The number of unbranched alkanes of at least 4 members (excludes halogenated alkanes) is 57. The van der Waals surface area contributed by atoms with Crippen molar-refractivity contribution in [3.8, 4) is 0 Å². The lowest BCUT2D eigenvalue weighted by molar-refractivity contribution is -0.143. The number of aliphatic hydroxyl groups is 2. The first-order valence-electron chi connectivity index (χ1n) is 38.1. The second kappa shape index (κ2) is 72.8. The lowest BCUT2D eigenvalue weighted by Gasteiger charge is -2.22.